The van der Waals surface area contributed by atoms with Crippen LogP contribution < -0.4 is 9.62 Å². The summed E-state index contributed by atoms with van der Waals surface area (Å²) in [6, 6.07) is 21.2. The summed E-state index contributed by atoms with van der Waals surface area (Å²) in [7, 11) is -0.599. The van der Waals surface area contributed by atoms with Gasteiger partial charge in [0.15, 0.2) is 0 Å². The third kappa shape index (κ3) is 5.68. The first kappa shape index (κ1) is 22.5. The molecule has 0 atom stereocenters. The highest BCUT2D eigenvalue weighted by molar-refractivity contribution is 7.92. The Hall–Kier alpha value is -3.23. The molecular formula is C23H24FN3O3S. The lowest BCUT2D eigenvalue weighted by molar-refractivity contribution is -0.117. The second-order valence-electron chi connectivity index (χ2n) is 7.15. The number of nitrogens with one attached hydrogen (secondary N) is 1. The van der Waals surface area contributed by atoms with E-state index in [1.54, 1.807) is 66.5 Å². The van der Waals surface area contributed by atoms with Gasteiger partial charge in [-0.05, 0) is 43.4 Å². The van der Waals surface area contributed by atoms with Crippen LogP contribution in [0.5, 0.6) is 0 Å². The number of hydrogen-bond acceptors (Lipinski definition) is 4. The zero-order valence-electron chi connectivity index (χ0n) is 17.3. The van der Waals surface area contributed by atoms with Crippen molar-refractivity contribution >= 4 is 27.3 Å². The summed E-state index contributed by atoms with van der Waals surface area (Å²) in [6.07, 6.45) is 0. The molecule has 162 valence electrons. The number of carbonyl (C=O) groups excluding carboxylic acids is 1. The average molecular weight is 442 g/mol. The quantitative estimate of drug-likeness (QED) is 0.579. The SMILES string of the molecule is CN(CC(=O)Nc1cccc(S(=O)(=O)N(C)c2ccccc2)c1)Cc1ccccc1F. The summed E-state index contributed by atoms with van der Waals surface area (Å²) < 4.78 is 40.9. The van der Waals surface area contributed by atoms with E-state index in [4.69, 9.17) is 0 Å². The Labute approximate surface area is 182 Å². The van der Waals surface area contributed by atoms with Crippen LogP contribution in [-0.2, 0) is 21.4 Å². The first-order valence-corrected chi connectivity index (χ1v) is 11.1. The molecule has 0 aliphatic carbocycles. The number of rotatable bonds is 8. The molecule has 0 aliphatic rings. The highest BCUT2D eigenvalue weighted by Crippen LogP contribution is 2.23. The van der Waals surface area contributed by atoms with E-state index < -0.39 is 10.0 Å². The molecule has 0 heterocycles. The molecule has 0 aromatic heterocycles. The van der Waals surface area contributed by atoms with Gasteiger partial charge < -0.3 is 5.32 Å². The highest BCUT2D eigenvalue weighted by atomic mass is 32.2. The van der Waals surface area contributed by atoms with Crippen LogP contribution in [0.3, 0.4) is 0 Å². The maximum Gasteiger partial charge on any atom is 0.264 e. The van der Waals surface area contributed by atoms with Crippen molar-refractivity contribution in [2.45, 2.75) is 11.4 Å². The second-order valence-corrected chi connectivity index (χ2v) is 9.12. The molecule has 31 heavy (non-hydrogen) atoms. The predicted molar refractivity (Wildman–Crippen MR) is 120 cm³/mol. The number of nitrogens with zero attached hydrogens (tertiary/aromatic N) is 2. The Balaban J connectivity index is 1.67. The molecule has 1 N–H and O–H groups in total. The third-order valence-electron chi connectivity index (χ3n) is 4.71. The number of hydrogen-bond donors (Lipinski definition) is 1. The largest absolute Gasteiger partial charge is 0.325 e. The summed E-state index contributed by atoms with van der Waals surface area (Å²) in [4.78, 5) is 14.2. The van der Waals surface area contributed by atoms with Crippen molar-refractivity contribution in [2.75, 3.05) is 30.3 Å². The van der Waals surface area contributed by atoms with Crippen LogP contribution in [0, 0.1) is 5.82 Å². The van der Waals surface area contributed by atoms with Crippen molar-refractivity contribution in [3.8, 4) is 0 Å². The van der Waals surface area contributed by atoms with Gasteiger partial charge in [-0.25, -0.2) is 12.8 Å². The van der Waals surface area contributed by atoms with Gasteiger partial charge in [0.25, 0.3) is 10.0 Å². The molecule has 6 nitrogen and oxygen atoms in total. The molecule has 0 spiro atoms. The van der Waals surface area contributed by atoms with Crippen molar-refractivity contribution in [2.24, 2.45) is 0 Å². The summed E-state index contributed by atoms with van der Waals surface area (Å²) >= 11 is 0. The highest BCUT2D eigenvalue weighted by Gasteiger charge is 2.21. The molecule has 0 saturated carbocycles. The van der Waals surface area contributed by atoms with E-state index in [0.29, 0.717) is 16.9 Å². The minimum atomic E-state index is -3.79. The summed E-state index contributed by atoms with van der Waals surface area (Å²) in [5.74, 6) is -0.653. The maximum absolute atomic E-state index is 13.8. The van der Waals surface area contributed by atoms with Gasteiger partial charge in [-0.3, -0.25) is 14.0 Å². The van der Waals surface area contributed by atoms with Gasteiger partial charge in [0, 0.05) is 24.8 Å². The van der Waals surface area contributed by atoms with E-state index in [1.165, 1.54) is 29.6 Å². The topological polar surface area (TPSA) is 69.7 Å². The van der Waals surface area contributed by atoms with Gasteiger partial charge in [-0.2, -0.15) is 0 Å². The first-order chi connectivity index (χ1) is 14.8. The molecule has 3 aromatic carbocycles. The smallest absolute Gasteiger partial charge is 0.264 e. The lowest BCUT2D eigenvalue weighted by Crippen LogP contribution is -2.30. The molecule has 0 radical (unpaired) electrons. The fourth-order valence-corrected chi connectivity index (χ4v) is 4.33. The van der Waals surface area contributed by atoms with Crippen LogP contribution >= 0.6 is 0 Å². The number of amides is 1. The Kier molecular flexibility index (Phi) is 7.04. The van der Waals surface area contributed by atoms with Crippen molar-refractivity contribution in [1.29, 1.82) is 0 Å². The minimum absolute atomic E-state index is 0.0230. The van der Waals surface area contributed by atoms with E-state index in [1.807, 2.05) is 6.07 Å². The molecule has 0 saturated heterocycles. The lowest BCUT2D eigenvalue weighted by Gasteiger charge is -2.20. The fraction of sp³-hybridized carbons (Fsp3) is 0.174. The van der Waals surface area contributed by atoms with Crippen molar-refractivity contribution in [3.63, 3.8) is 0 Å². The van der Waals surface area contributed by atoms with Crippen LogP contribution in [0.4, 0.5) is 15.8 Å². The zero-order chi connectivity index (χ0) is 22.4. The van der Waals surface area contributed by atoms with E-state index in [0.717, 1.165) is 0 Å². The maximum atomic E-state index is 13.8. The Morgan fingerprint density at radius 3 is 2.32 bits per heavy atom. The fourth-order valence-electron chi connectivity index (χ4n) is 3.09. The minimum Gasteiger partial charge on any atom is -0.325 e. The van der Waals surface area contributed by atoms with E-state index >= 15 is 0 Å². The molecule has 0 fully saturated rings. The number of halogens is 1. The van der Waals surface area contributed by atoms with Gasteiger partial charge in [-0.15, -0.1) is 0 Å². The van der Waals surface area contributed by atoms with Crippen LogP contribution in [0.1, 0.15) is 5.56 Å². The van der Waals surface area contributed by atoms with E-state index in [-0.39, 0.29) is 29.7 Å². The van der Waals surface area contributed by atoms with E-state index in [9.17, 15) is 17.6 Å². The molecular weight excluding hydrogens is 417 g/mol. The van der Waals surface area contributed by atoms with Gasteiger partial charge in [-0.1, -0.05) is 42.5 Å². The third-order valence-corrected chi connectivity index (χ3v) is 6.49. The van der Waals surface area contributed by atoms with Crippen LogP contribution in [0.2, 0.25) is 0 Å². The van der Waals surface area contributed by atoms with Crippen LogP contribution in [0.25, 0.3) is 0 Å². The van der Waals surface area contributed by atoms with Crippen LogP contribution in [-0.4, -0.2) is 39.9 Å². The van der Waals surface area contributed by atoms with Crippen molar-refractivity contribution in [1.82, 2.24) is 4.90 Å². The van der Waals surface area contributed by atoms with E-state index in [2.05, 4.69) is 5.32 Å². The van der Waals surface area contributed by atoms with Gasteiger partial charge in [0.2, 0.25) is 5.91 Å². The van der Waals surface area contributed by atoms with Gasteiger partial charge >= 0.3 is 0 Å². The number of anilines is 2. The average Bonchev–Trinajstić information content (AvgIpc) is 2.75. The summed E-state index contributed by atoms with van der Waals surface area (Å²) in [5, 5.41) is 2.71. The standard InChI is InChI=1S/C23H24FN3O3S/c1-26(16-18-9-6-7-14-22(18)24)17-23(28)25-19-10-8-13-21(15-19)31(29,30)27(2)20-11-4-3-5-12-20/h3-15H,16-17H2,1-2H3,(H,25,28). The Morgan fingerprint density at radius 2 is 1.61 bits per heavy atom. The summed E-state index contributed by atoms with van der Waals surface area (Å²) in [6.45, 7) is 0.297. The predicted octanol–water partition coefficient (Wildman–Crippen LogP) is 3.72. The van der Waals surface area contributed by atoms with Crippen LogP contribution in [0.15, 0.2) is 83.8 Å². The molecule has 0 unspecified atom stereocenters. The summed E-state index contributed by atoms with van der Waals surface area (Å²) in [5.41, 5.74) is 1.40. The molecule has 3 rings (SSSR count). The Morgan fingerprint density at radius 1 is 0.935 bits per heavy atom. The lowest BCUT2D eigenvalue weighted by atomic mass is 10.2. The molecule has 8 heteroatoms. The first-order valence-electron chi connectivity index (χ1n) is 9.63. The second kappa shape index (κ2) is 9.72. The Bertz CT molecular complexity index is 1150. The molecule has 0 aliphatic heterocycles. The molecule has 1 amide bonds. The van der Waals surface area contributed by atoms with Crippen molar-refractivity contribution in [3.05, 3.63) is 90.2 Å². The van der Waals surface area contributed by atoms with Gasteiger partial charge in [0.05, 0.1) is 17.1 Å². The number of sulfonamides is 1. The monoisotopic (exact) mass is 441 g/mol. The molecule has 3 aromatic rings. The number of para-hydroxylation sites is 1. The number of benzene rings is 3. The van der Waals surface area contributed by atoms with Gasteiger partial charge in [0.1, 0.15) is 5.82 Å². The zero-order valence-corrected chi connectivity index (χ0v) is 18.1. The van der Waals surface area contributed by atoms with Crippen molar-refractivity contribution < 1.29 is 17.6 Å². The number of carbonyl (C=O) groups is 1. The normalized spacial score (nSPS) is 11.4. The number of likely N-dealkylation sites (N-methyl/N-ethyl adjacent to an activating group) is 1. The molecule has 0 bridgehead atoms.